The first-order valence-corrected chi connectivity index (χ1v) is 13.6. The molecular formula is C28H33FN4O7. The predicted octanol–water partition coefficient (Wildman–Crippen LogP) is 0.912. The minimum atomic E-state index is -2.73. The van der Waals surface area contributed by atoms with Crippen LogP contribution in [0.15, 0.2) is 16.9 Å². The summed E-state index contributed by atoms with van der Waals surface area (Å²) in [6, 6.07) is -1.44. The number of phenols is 1. The van der Waals surface area contributed by atoms with E-state index >= 15 is 4.39 Å². The molecule has 7 N–H and O–H groups in total. The van der Waals surface area contributed by atoms with Gasteiger partial charge >= 0.3 is 0 Å². The van der Waals surface area contributed by atoms with Crippen LogP contribution in [0, 0.1) is 23.6 Å². The van der Waals surface area contributed by atoms with Gasteiger partial charge in [-0.05, 0) is 58.3 Å². The Morgan fingerprint density at radius 3 is 2.62 bits per heavy atom. The van der Waals surface area contributed by atoms with Crippen molar-refractivity contribution in [1.29, 1.82) is 0 Å². The van der Waals surface area contributed by atoms with Crippen molar-refractivity contribution >= 4 is 28.9 Å². The van der Waals surface area contributed by atoms with Crippen LogP contribution in [0.25, 0.3) is 5.76 Å². The standard InChI is InChI=1S/C28H33FN4O7/c1-4-32(2)21-13-8-11-7-12-15(23(35)19-16(18(12)29)20-10(9-31-19)5-6-33(20)3)22(34)14(11)25(37)28(13,40)26(38)17(24(21)36)27(30)39/h10-11,13,20-21,31,34-35,38,40H,4-9H2,1-3H3,(H2,30,39)/t10?,11-,13-,20?,21-,28-/m0/s1. The summed E-state index contributed by atoms with van der Waals surface area (Å²) in [7, 11) is 3.48. The van der Waals surface area contributed by atoms with E-state index in [4.69, 9.17) is 5.73 Å². The number of carbonyl (C=O) groups excluding carboxylic acids is 3. The predicted molar refractivity (Wildman–Crippen MR) is 141 cm³/mol. The maximum atomic E-state index is 16.4. The van der Waals surface area contributed by atoms with Gasteiger partial charge in [-0.15, -0.1) is 0 Å². The monoisotopic (exact) mass is 556 g/mol. The summed E-state index contributed by atoms with van der Waals surface area (Å²) >= 11 is 0. The van der Waals surface area contributed by atoms with Crippen LogP contribution in [0.2, 0.25) is 0 Å². The average Bonchev–Trinajstić information content (AvgIpc) is 3.29. The lowest BCUT2D eigenvalue weighted by Crippen LogP contribution is -2.66. The number of carbonyl (C=O) groups is 3. The second kappa shape index (κ2) is 8.76. The molecule has 11 nitrogen and oxygen atoms in total. The number of fused-ring (bicyclic) bond motifs is 6. The Labute approximate surface area is 229 Å². The molecule has 12 heteroatoms. The van der Waals surface area contributed by atoms with Crippen molar-refractivity contribution in [3.05, 3.63) is 39.4 Å². The minimum Gasteiger partial charge on any atom is -0.508 e. The van der Waals surface area contributed by atoms with Crippen LogP contribution in [-0.2, 0) is 20.8 Å². The van der Waals surface area contributed by atoms with Crippen molar-refractivity contribution in [3.63, 3.8) is 0 Å². The van der Waals surface area contributed by atoms with Crippen LogP contribution in [0.5, 0.6) is 5.75 Å². The number of rotatable bonds is 3. The summed E-state index contributed by atoms with van der Waals surface area (Å²) in [6.45, 7) is 3.33. The number of primary amides is 1. The number of halogens is 1. The summed E-state index contributed by atoms with van der Waals surface area (Å²) in [5.41, 5.74) is 1.79. The lowest BCUT2D eigenvalue weighted by atomic mass is 9.57. The summed E-state index contributed by atoms with van der Waals surface area (Å²) in [5.74, 6) is -7.92. The number of likely N-dealkylation sites (tertiary alicyclic amines) is 1. The van der Waals surface area contributed by atoms with Crippen molar-refractivity contribution in [3.8, 4) is 5.75 Å². The van der Waals surface area contributed by atoms with Crippen LogP contribution in [-0.4, -0.2) is 93.1 Å². The van der Waals surface area contributed by atoms with Crippen molar-refractivity contribution in [1.82, 2.24) is 9.80 Å². The van der Waals surface area contributed by atoms with Crippen LogP contribution < -0.4 is 11.1 Å². The molecule has 40 heavy (non-hydrogen) atoms. The number of Topliss-reactive ketones (excluding diaryl/α,β-unsaturated/α-hetero) is 2. The zero-order valence-electron chi connectivity index (χ0n) is 22.5. The Hall–Kier alpha value is -3.48. The molecule has 0 spiro atoms. The number of amides is 1. The van der Waals surface area contributed by atoms with Gasteiger partial charge in [-0.3, -0.25) is 24.2 Å². The number of aliphatic hydroxyl groups is 3. The quantitative estimate of drug-likeness (QED) is 0.232. The molecule has 5 aliphatic rings. The number of hydrogen-bond donors (Lipinski definition) is 6. The van der Waals surface area contributed by atoms with E-state index in [-0.39, 0.29) is 47.2 Å². The van der Waals surface area contributed by atoms with Crippen LogP contribution in [0.3, 0.4) is 0 Å². The Bertz CT molecular complexity index is 1450. The summed E-state index contributed by atoms with van der Waals surface area (Å²) in [6.07, 6.45) is 0.701. The van der Waals surface area contributed by atoms with Gasteiger partial charge in [-0.1, -0.05) is 6.92 Å². The molecule has 0 radical (unpaired) electrons. The van der Waals surface area contributed by atoms with Crippen molar-refractivity contribution < 1.29 is 39.2 Å². The lowest BCUT2D eigenvalue weighted by molar-refractivity contribution is -0.154. The molecule has 214 valence electrons. The fraction of sp³-hybridized carbons (Fsp3) is 0.536. The molecule has 2 heterocycles. The zero-order valence-corrected chi connectivity index (χ0v) is 22.5. The number of ketones is 2. The molecule has 1 saturated carbocycles. The SMILES string of the molecule is CCN(C)[C@@H]1C(=O)C(C(N)=O)=C(O)[C@@]2(O)C(=O)C3=C(O)c4c(O)c5c(c(F)c4C[C@H]3C[C@@H]12)C1C(CCN1C)CN5. The third-order valence-electron chi connectivity index (χ3n) is 9.89. The van der Waals surface area contributed by atoms with E-state index in [9.17, 15) is 34.8 Å². The first-order valence-electron chi connectivity index (χ1n) is 13.6. The fourth-order valence-corrected chi connectivity index (χ4v) is 7.85. The van der Waals surface area contributed by atoms with E-state index in [1.807, 2.05) is 11.9 Å². The highest BCUT2D eigenvalue weighted by Crippen LogP contribution is 2.56. The fourth-order valence-electron chi connectivity index (χ4n) is 7.85. The molecular weight excluding hydrogens is 523 g/mol. The summed E-state index contributed by atoms with van der Waals surface area (Å²) in [4.78, 5) is 43.1. The molecule has 1 aromatic rings. The molecule has 2 fully saturated rings. The second-order valence-electron chi connectivity index (χ2n) is 11.7. The van der Waals surface area contributed by atoms with E-state index in [2.05, 4.69) is 5.32 Å². The Morgan fingerprint density at radius 1 is 1.27 bits per heavy atom. The van der Waals surface area contributed by atoms with Gasteiger partial charge in [0.1, 0.15) is 28.7 Å². The molecule has 0 aromatic heterocycles. The lowest BCUT2D eigenvalue weighted by Gasteiger charge is -2.50. The highest BCUT2D eigenvalue weighted by molar-refractivity contribution is 6.24. The molecule has 2 aliphatic heterocycles. The first kappa shape index (κ1) is 26.7. The average molecular weight is 557 g/mol. The van der Waals surface area contributed by atoms with Gasteiger partial charge < -0.3 is 31.5 Å². The molecule has 3 aliphatic carbocycles. The van der Waals surface area contributed by atoms with E-state index in [1.54, 1.807) is 18.9 Å². The third-order valence-corrected chi connectivity index (χ3v) is 9.89. The summed E-state index contributed by atoms with van der Waals surface area (Å²) < 4.78 is 16.4. The summed E-state index contributed by atoms with van der Waals surface area (Å²) in [5, 5.41) is 48.6. The molecule has 6 atom stereocenters. The Kier molecular flexibility index (Phi) is 5.85. The van der Waals surface area contributed by atoms with Gasteiger partial charge in [0.2, 0.25) is 5.78 Å². The maximum Gasteiger partial charge on any atom is 0.255 e. The number of likely N-dealkylation sites (N-methyl/N-ethyl adjacent to an activating group) is 1. The van der Waals surface area contributed by atoms with Gasteiger partial charge in [-0.25, -0.2) is 4.39 Å². The molecule has 1 aromatic carbocycles. The van der Waals surface area contributed by atoms with Crippen molar-refractivity contribution in [2.24, 2.45) is 23.5 Å². The second-order valence-corrected chi connectivity index (χ2v) is 11.7. The minimum absolute atomic E-state index is 0.0589. The largest absolute Gasteiger partial charge is 0.508 e. The number of nitrogens with one attached hydrogen (secondary N) is 1. The number of hydrogen-bond acceptors (Lipinski definition) is 10. The van der Waals surface area contributed by atoms with Crippen LogP contribution in [0.4, 0.5) is 10.1 Å². The number of nitrogens with two attached hydrogens (primary N) is 1. The van der Waals surface area contributed by atoms with Gasteiger partial charge in [-0.2, -0.15) is 0 Å². The number of anilines is 1. The van der Waals surface area contributed by atoms with Gasteiger partial charge in [0.25, 0.3) is 5.91 Å². The van der Waals surface area contributed by atoms with Crippen molar-refractivity contribution in [2.45, 2.75) is 43.9 Å². The van der Waals surface area contributed by atoms with Crippen LogP contribution >= 0.6 is 0 Å². The maximum absolute atomic E-state index is 16.4. The number of phenolic OH excluding ortho intramolecular Hbond substituents is 1. The van der Waals surface area contributed by atoms with Gasteiger partial charge in [0, 0.05) is 35.2 Å². The molecule has 1 saturated heterocycles. The van der Waals surface area contributed by atoms with Crippen molar-refractivity contribution in [2.75, 3.05) is 39.0 Å². The highest BCUT2D eigenvalue weighted by atomic mass is 19.1. The van der Waals surface area contributed by atoms with E-state index < -0.39 is 69.6 Å². The zero-order chi connectivity index (χ0) is 29.0. The van der Waals surface area contributed by atoms with Crippen LogP contribution in [0.1, 0.15) is 42.5 Å². The smallest absolute Gasteiger partial charge is 0.255 e. The highest BCUT2D eigenvalue weighted by Gasteiger charge is 2.64. The normalized spacial score (nSPS) is 33.3. The Balaban J connectivity index is 1.56. The van der Waals surface area contributed by atoms with E-state index in [0.717, 1.165) is 13.0 Å². The number of benzene rings is 1. The number of nitrogens with zero attached hydrogens (tertiary/aromatic N) is 2. The molecule has 1 amide bonds. The van der Waals surface area contributed by atoms with Gasteiger partial charge in [0.15, 0.2) is 11.4 Å². The van der Waals surface area contributed by atoms with E-state index in [0.29, 0.717) is 18.7 Å². The van der Waals surface area contributed by atoms with E-state index in [1.165, 1.54) is 0 Å². The number of aliphatic hydroxyl groups excluding tert-OH is 2. The molecule has 0 bridgehead atoms. The topological polar surface area (TPSA) is 177 Å². The number of aromatic hydroxyl groups is 1. The first-order chi connectivity index (χ1) is 18.9. The molecule has 6 rings (SSSR count). The Morgan fingerprint density at radius 2 is 1.98 bits per heavy atom. The third kappa shape index (κ3) is 3.18. The molecule has 2 unspecified atom stereocenters. The van der Waals surface area contributed by atoms with Gasteiger partial charge in [0.05, 0.1) is 17.3 Å².